The molecule has 0 atom stereocenters. The van der Waals surface area contributed by atoms with Crippen molar-refractivity contribution < 1.29 is 14.7 Å². The topological polar surface area (TPSA) is 79.3 Å². The lowest BCUT2D eigenvalue weighted by molar-refractivity contribution is -0.136. The molecule has 5 nitrogen and oxygen atoms in total. The molecule has 0 bridgehead atoms. The molecule has 0 unspecified atom stereocenters. The predicted octanol–water partition coefficient (Wildman–Crippen LogP) is 5.00. The third-order valence-electron chi connectivity index (χ3n) is 5.07. The fourth-order valence-electron chi connectivity index (χ4n) is 3.57. The van der Waals surface area contributed by atoms with Crippen LogP contribution in [0, 0.1) is 6.92 Å². The highest BCUT2D eigenvalue weighted by atomic mass is 32.1. The van der Waals surface area contributed by atoms with Crippen molar-refractivity contribution in [3.05, 3.63) is 93.4 Å². The molecule has 0 aliphatic heterocycles. The maximum Gasteiger partial charge on any atom is 0.307 e. The van der Waals surface area contributed by atoms with Crippen molar-refractivity contribution in [2.75, 3.05) is 5.32 Å². The summed E-state index contributed by atoms with van der Waals surface area (Å²) in [7, 11) is 0. The molecule has 0 aliphatic carbocycles. The molecule has 0 saturated heterocycles. The number of thiazole rings is 1. The zero-order valence-corrected chi connectivity index (χ0v) is 17.9. The highest BCUT2D eigenvalue weighted by Gasteiger charge is 2.13. The molecule has 0 aliphatic rings. The van der Waals surface area contributed by atoms with E-state index in [1.807, 2.05) is 19.1 Å². The maximum atomic E-state index is 12.5. The highest BCUT2D eigenvalue weighted by Crippen LogP contribution is 2.25. The van der Waals surface area contributed by atoms with Gasteiger partial charge in [0, 0.05) is 17.0 Å². The van der Waals surface area contributed by atoms with Gasteiger partial charge >= 0.3 is 5.97 Å². The molecule has 156 valence electrons. The van der Waals surface area contributed by atoms with Crippen LogP contribution in [0.3, 0.4) is 0 Å². The lowest BCUT2D eigenvalue weighted by Crippen LogP contribution is -2.14. The number of anilines is 1. The van der Waals surface area contributed by atoms with Gasteiger partial charge in [0.2, 0.25) is 5.91 Å². The first kappa shape index (κ1) is 20.8. The summed E-state index contributed by atoms with van der Waals surface area (Å²) in [6, 6.07) is 21.5. The molecule has 1 heterocycles. The molecule has 0 radical (unpaired) electrons. The number of carboxylic acids is 1. The van der Waals surface area contributed by atoms with E-state index in [-0.39, 0.29) is 18.7 Å². The first-order chi connectivity index (χ1) is 15.0. The fourth-order valence-corrected chi connectivity index (χ4v) is 4.66. The van der Waals surface area contributed by atoms with E-state index in [1.54, 1.807) is 35.6 Å². The number of aryl methyl sites for hydroxylation is 1. The first-order valence-corrected chi connectivity index (χ1v) is 10.8. The fraction of sp³-hybridized carbons (Fsp3) is 0.160. The van der Waals surface area contributed by atoms with Crippen LogP contribution in [0.2, 0.25) is 0 Å². The zero-order valence-electron chi connectivity index (χ0n) is 17.1. The number of hydrogen-bond acceptors (Lipinski definition) is 4. The molecule has 6 heteroatoms. The van der Waals surface area contributed by atoms with Gasteiger partial charge in [-0.05, 0) is 41.0 Å². The van der Waals surface area contributed by atoms with Gasteiger partial charge in [-0.3, -0.25) is 9.59 Å². The lowest BCUT2D eigenvalue weighted by atomic mass is 10.0. The van der Waals surface area contributed by atoms with Crippen LogP contribution >= 0.6 is 11.3 Å². The third-order valence-corrected chi connectivity index (χ3v) is 6.23. The molecule has 4 rings (SSSR count). The molecule has 4 aromatic rings. The van der Waals surface area contributed by atoms with E-state index in [4.69, 9.17) is 10.1 Å². The second-order valence-corrected chi connectivity index (χ2v) is 8.59. The molecule has 0 fully saturated rings. The Morgan fingerprint density at radius 1 is 0.968 bits per heavy atom. The second kappa shape index (κ2) is 9.10. The van der Waals surface area contributed by atoms with Gasteiger partial charge in [-0.2, -0.15) is 0 Å². The van der Waals surface area contributed by atoms with Gasteiger partial charge in [-0.25, -0.2) is 4.98 Å². The number of carbonyl (C=O) groups is 2. The molecule has 0 saturated carbocycles. The van der Waals surface area contributed by atoms with Gasteiger partial charge in [0.15, 0.2) is 0 Å². The van der Waals surface area contributed by atoms with Crippen molar-refractivity contribution >= 4 is 39.7 Å². The summed E-state index contributed by atoms with van der Waals surface area (Å²) in [6.45, 7) is 1.94. The van der Waals surface area contributed by atoms with Crippen LogP contribution in [-0.4, -0.2) is 22.0 Å². The van der Waals surface area contributed by atoms with Crippen molar-refractivity contribution in [2.45, 2.75) is 26.2 Å². The van der Waals surface area contributed by atoms with Crippen LogP contribution in [-0.2, 0) is 28.9 Å². The lowest BCUT2D eigenvalue weighted by Gasteiger charge is -2.05. The Morgan fingerprint density at radius 3 is 2.48 bits per heavy atom. The van der Waals surface area contributed by atoms with Crippen molar-refractivity contribution in [1.82, 2.24) is 4.98 Å². The van der Waals surface area contributed by atoms with Crippen LogP contribution in [0.1, 0.15) is 26.7 Å². The number of fused-ring (bicyclic) bond motifs is 1. The number of aromatic nitrogens is 1. The minimum atomic E-state index is -0.878. The largest absolute Gasteiger partial charge is 0.481 e. The van der Waals surface area contributed by atoms with E-state index in [1.165, 1.54) is 16.3 Å². The normalized spacial score (nSPS) is 10.9. The number of aliphatic carboxylic acids is 1. The second-order valence-electron chi connectivity index (χ2n) is 7.42. The van der Waals surface area contributed by atoms with Crippen molar-refractivity contribution in [2.24, 2.45) is 0 Å². The van der Waals surface area contributed by atoms with Crippen LogP contribution in [0.25, 0.3) is 10.8 Å². The molecule has 1 aromatic heterocycles. The molecule has 31 heavy (non-hydrogen) atoms. The zero-order chi connectivity index (χ0) is 21.8. The molecule has 1 amide bonds. The molecular formula is C25H22N2O3S. The minimum Gasteiger partial charge on any atom is -0.481 e. The van der Waals surface area contributed by atoms with Crippen LogP contribution in [0.5, 0.6) is 0 Å². The summed E-state index contributed by atoms with van der Waals surface area (Å²) in [5.41, 5.74) is 3.45. The summed E-state index contributed by atoms with van der Waals surface area (Å²) in [4.78, 5) is 28.9. The van der Waals surface area contributed by atoms with E-state index >= 15 is 0 Å². The Kier molecular flexibility index (Phi) is 6.09. The number of carbonyl (C=O) groups excluding carboxylic acids is 1. The molecule has 3 aromatic carbocycles. The minimum absolute atomic E-state index is 0.0340. The van der Waals surface area contributed by atoms with Gasteiger partial charge in [-0.15, -0.1) is 11.3 Å². The predicted molar refractivity (Wildman–Crippen MR) is 124 cm³/mol. The monoisotopic (exact) mass is 430 g/mol. The van der Waals surface area contributed by atoms with Crippen molar-refractivity contribution in [3.63, 3.8) is 0 Å². The number of amides is 1. The van der Waals surface area contributed by atoms with E-state index in [2.05, 4.69) is 35.6 Å². The Balaban J connectivity index is 1.43. The maximum absolute atomic E-state index is 12.5. The van der Waals surface area contributed by atoms with E-state index < -0.39 is 5.97 Å². The van der Waals surface area contributed by atoms with Gasteiger partial charge in [0.1, 0.15) is 0 Å². The average Bonchev–Trinajstić information content (AvgIpc) is 3.08. The highest BCUT2D eigenvalue weighted by molar-refractivity contribution is 7.11. The average molecular weight is 431 g/mol. The number of carboxylic acid groups (broad SMARTS) is 1. The quantitative estimate of drug-likeness (QED) is 0.432. The SMILES string of the molecule is Cc1nc(Cc2cccc3ccccc23)sc1CC(=O)Nc1ccc(CC(=O)O)cc1. The first-order valence-electron chi connectivity index (χ1n) is 10.0. The summed E-state index contributed by atoms with van der Waals surface area (Å²) in [5, 5.41) is 15.1. The standard InChI is InChI=1S/C25H22N2O3S/c1-16-22(15-23(28)27-20-11-9-17(10-12-20)13-25(29)30)31-24(26-16)14-19-7-4-6-18-5-2-3-8-21(18)19/h2-12H,13-15H2,1H3,(H,27,28)(H,29,30). The number of nitrogens with one attached hydrogen (secondary N) is 1. The van der Waals surface area contributed by atoms with Gasteiger partial charge in [0.05, 0.1) is 23.5 Å². The summed E-state index contributed by atoms with van der Waals surface area (Å²) >= 11 is 1.57. The number of hydrogen-bond donors (Lipinski definition) is 2. The van der Waals surface area contributed by atoms with Gasteiger partial charge < -0.3 is 10.4 Å². The Hall–Kier alpha value is -3.51. The Labute approximate surface area is 184 Å². The molecule has 0 spiro atoms. The Bertz CT molecular complexity index is 1240. The van der Waals surface area contributed by atoms with E-state index in [0.29, 0.717) is 11.3 Å². The molecule has 2 N–H and O–H groups in total. The van der Waals surface area contributed by atoms with Gasteiger partial charge in [0.25, 0.3) is 0 Å². The van der Waals surface area contributed by atoms with Crippen molar-refractivity contribution in [3.8, 4) is 0 Å². The number of rotatable bonds is 7. The number of nitrogens with zero attached hydrogens (tertiary/aromatic N) is 1. The molecular weight excluding hydrogens is 408 g/mol. The van der Waals surface area contributed by atoms with Crippen LogP contribution < -0.4 is 5.32 Å². The Morgan fingerprint density at radius 2 is 1.71 bits per heavy atom. The third kappa shape index (κ3) is 5.16. The smallest absolute Gasteiger partial charge is 0.307 e. The van der Waals surface area contributed by atoms with Crippen LogP contribution in [0.4, 0.5) is 5.69 Å². The van der Waals surface area contributed by atoms with E-state index in [0.717, 1.165) is 22.0 Å². The number of benzene rings is 3. The van der Waals surface area contributed by atoms with E-state index in [9.17, 15) is 9.59 Å². The van der Waals surface area contributed by atoms with Gasteiger partial charge in [-0.1, -0.05) is 54.6 Å². The van der Waals surface area contributed by atoms with Crippen LogP contribution in [0.15, 0.2) is 66.7 Å². The summed E-state index contributed by atoms with van der Waals surface area (Å²) in [6.07, 6.45) is 0.962. The summed E-state index contributed by atoms with van der Waals surface area (Å²) < 4.78 is 0. The van der Waals surface area contributed by atoms with Crippen molar-refractivity contribution in [1.29, 1.82) is 0 Å². The summed E-state index contributed by atoms with van der Waals surface area (Å²) in [5.74, 6) is -0.994.